The molecule has 94 valence electrons. The van der Waals surface area contributed by atoms with Crippen molar-refractivity contribution in [3.63, 3.8) is 0 Å². The lowest BCUT2D eigenvalue weighted by atomic mass is 10.1. The van der Waals surface area contributed by atoms with Crippen molar-refractivity contribution in [3.8, 4) is 5.75 Å². The highest BCUT2D eigenvalue weighted by molar-refractivity contribution is 14.1. The maximum atomic E-state index is 5.86. The summed E-state index contributed by atoms with van der Waals surface area (Å²) in [6.45, 7) is 1.24. The zero-order valence-electron chi connectivity index (χ0n) is 10.1. The van der Waals surface area contributed by atoms with Crippen molar-refractivity contribution in [2.45, 2.75) is 13.0 Å². The number of benzene rings is 2. The van der Waals surface area contributed by atoms with Crippen molar-refractivity contribution in [1.82, 2.24) is 0 Å². The van der Waals surface area contributed by atoms with Gasteiger partial charge in [-0.15, -0.1) is 0 Å². The molecule has 2 aromatic rings. The van der Waals surface area contributed by atoms with Gasteiger partial charge in [-0.2, -0.15) is 0 Å². The minimum atomic E-state index is 0.596. The molecule has 0 amide bonds. The number of nitrogens with two attached hydrogens (primary N) is 1. The van der Waals surface area contributed by atoms with Crippen LogP contribution in [0.2, 0.25) is 0 Å². The van der Waals surface area contributed by atoms with Crippen LogP contribution < -0.4 is 10.5 Å². The first kappa shape index (κ1) is 13.4. The molecule has 18 heavy (non-hydrogen) atoms. The third-order valence-corrected chi connectivity index (χ3v) is 3.41. The molecule has 0 atom stereocenters. The zero-order valence-corrected chi connectivity index (χ0v) is 12.3. The molecule has 0 saturated heterocycles. The summed E-state index contributed by atoms with van der Waals surface area (Å²) < 4.78 is 7.09. The van der Waals surface area contributed by atoms with Crippen molar-refractivity contribution in [1.29, 1.82) is 0 Å². The predicted molar refractivity (Wildman–Crippen MR) is 82.7 cm³/mol. The largest absolute Gasteiger partial charge is 0.489 e. The minimum absolute atomic E-state index is 0.596. The topological polar surface area (TPSA) is 35.2 Å². The van der Waals surface area contributed by atoms with E-state index in [1.165, 1.54) is 14.7 Å². The van der Waals surface area contributed by atoms with E-state index < -0.39 is 0 Å². The lowest BCUT2D eigenvalue weighted by Crippen LogP contribution is -2.05. The van der Waals surface area contributed by atoms with Crippen LogP contribution in [0.1, 0.15) is 11.1 Å². The second kappa shape index (κ2) is 6.75. The molecule has 0 bridgehead atoms. The maximum absolute atomic E-state index is 5.86. The van der Waals surface area contributed by atoms with E-state index in [0.717, 1.165) is 12.2 Å². The van der Waals surface area contributed by atoms with Crippen molar-refractivity contribution in [2.75, 3.05) is 6.54 Å². The molecule has 2 aromatic carbocycles. The van der Waals surface area contributed by atoms with Crippen LogP contribution in [-0.4, -0.2) is 6.54 Å². The highest BCUT2D eigenvalue weighted by atomic mass is 127. The van der Waals surface area contributed by atoms with E-state index in [0.29, 0.717) is 13.2 Å². The number of halogens is 1. The fourth-order valence-electron chi connectivity index (χ4n) is 1.75. The molecule has 0 spiro atoms. The Kier molecular flexibility index (Phi) is 5.01. The summed E-state index contributed by atoms with van der Waals surface area (Å²) in [7, 11) is 0. The fraction of sp³-hybridized carbons (Fsp3) is 0.200. The molecule has 0 fully saturated rings. The van der Waals surface area contributed by atoms with E-state index in [2.05, 4.69) is 52.9 Å². The number of hydrogen-bond acceptors (Lipinski definition) is 2. The molecule has 0 heterocycles. The van der Waals surface area contributed by atoms with Gasteiger partial charge in [0.25, 0.3) is 0 Å². The van der Waals surface area contributed by atoms with Gasteiger partial charge < -0.3 is 10.5 Å². The van der Waals surface area contributed by atoms with Crippen LogP contribution in [0.5, 0.6) is 5.75 Å². The molecule has 0 aliphatic carbocycles. The Morgan fingerprint density at radius 2 is 1.72 bits per heavy atom. The van der Waals surface area contributed by atoms with Crippen molar-refractivity contribution in [2.24, 2.45) is 5.73 Å². The quantitative estimate of drug-likeness (QED) is 0.837. The van der Waals surface area contributed by atoms with Crippen LogP contribution in [0, 0.1) is 3.57 Å². The molecule has 2 N–H and O–H groups in total. The van der Waals surface area contributed by atoms with Crippen LogP contribution in [0.25, 0.3) is 0 Å². The Labute approximate surface area is 121 Å². The Bertz CT molecular complexity index is 496. The Morgan fingerprint density at radius 1 is 1.00 bits per heavy atom. The summed E-state index contributed by atoms with van der Waals surface area (Å²) in [5.41, 5.74) is 7.95. The summed E-state index contributed by atoms with van der Waals surface area (Å²) in [6, 6.07) is 16.4. The molecule has 0 aliphatic heterocycles. The molecule has 0 radical (unpaired) electrons. The van der Waals surface area contributed by atoms with Gasteiger partial charge in [0.2, 0.25) is 0 Å². The van der Waals surface area contributed by atoms with Crippen LogP contribution in [0.15, 0.2) is 48.5 Å². The number of para-hydroxylation sites is 1. The molecule has 2 nitrogen and oxygen atoms in total. The van der Waals surface area contributed by atoms with Gasteiger partial charge in [-0.05, 0) is 64.9 Å². The van der Waals surface area contributed by atoms with Crippen LogP contribution in [0.4, 0.5) is 0 Å². The third-order valence-electron chi connectivity index (χ3n) is 2.69. The van der Waals surface area contributed by atoms with Crippen LogP contribution in [-0.2, 0) is 13.0 Å². The highest BCUT2D eigenvalue weighted by Crippen LogP contribution is 2.19. The van der Waals surface area contributed by atoms with Gasteiger partial charge in [-0.1, -0.05) is 30.3 Å². The summed E-state index contributed by atoms with van der Waals surface area (Å²) in [5.74, 6) is 0.932. The smallest absolute Gasteiger partial charge is 0.123 e. The average Bonchev–Trinajstić information content (AvgIpc) is 2.40. The molecule has 0 aliphatic rings. The second-order valence-electron chi connectivity index (χ2n) is 4.06. The van der Waals surface area contributed by atoms with Gasteiger partial charge in [0.1, 0.15) is 12.4 Å². The van der Waals surface area contributed by atoms with E-state index in [1.807, 2.05) is 18.2 Å². The lowest BCUT2D eigenvalue weighted by molar-refractivity contribution is 0.303. The first-order valence-electron chi connectivity index (χ1n) is 5.95. The van der Waals surface area contributed by atoms with Gasteiger partial charge in [0.05, 0.1) is 0 Å². The van der Waals surface area contributed by atoms with E-state index in [9.17, 15) is 0 Å². The Morgan fingerprint density at radius 3 is 2.44 bits per heavy atom. The SMILES string of the molecule is NCCc1ccccc1OCc1ccc(I)cc1. The molecule has 3 heteroatoms. The first-order valence-corrected chi connectivity index (χ1v) is 7.02. The third kappa shape index (κ3) is 3.71. The standard InChI is InChI=1S/C15H16INO/c16-14-7-5-12(6-8-14)11-18-15-4-2-1-3-13(15)9-10-17/h1-8H,9-11,17H2. The van der Waals surface area contributed by atoms with Crippen LogP contribution in [0.3, 0.4) is 0 Å². The van der Waals surface area contributed by atoms with Crippen molar-refractivity contribution >= 4 is 22.6 Å². The molecular formula is C15H16INO. The second-order valence-corrected chi connectivity index (χ2v) is 5.31. The number of hydrogen-bond donors (Lipinski definition) is 1. The molecule has 2 rings (SSSR count). The number of ether oxygens (including phenoxy) is 1. The monoisotopic (exact) mass is 353 g/mol. The molecule has 0 saturated carbocycles. The summed E-state index contributed by atoms with van der Waals surface area (Å²) >= 11 is 2.30. The van der Waals surface area contributed by atoms with Crippen molar-refractivity contribution < 1.29 is 4.74 Å². The number of rotatable bonds is 5. The Balaban J connectivity index is 2.03. The molecule has 0 unspecified atom stereocenters. The summed E-state index contributed by atoms with van der Waals surface area (Å²) in [6.07, 6.45) is 0.850. The van der Waals surface area contributed by atoms with Gasteiger partial charge in [-0.3, -0.25) is 0 Å². The fourth-order valence-corrected chi connectivity index (χ4v) is 2.11. The summed E-state index contributed by atoms with van der Waals surface area (Å²) in [4.78, 5) is 0. The van der Waals surface area contributed by atoms with E-state index >= 15 is 0 Å². The maximum Gasteiger partial charge on any atom is 0.123 e. The first-order chi connectivity index (χ1) is 8.79. The minimum Gasteiger partial charge on any atom is -0.489 e. The normalized spacial score (nSPS) is 10.3. The van der Waals surface area contributed by atoms with Gasteiger partial charge in [0.15, 0.2) is 0 Å². The van der Waals surface area contributed by atoms with Crippen molar-refractivity contribution in [3.05, 3.63) is 63.2 Å². The van der Waals surface area contributed by atoms with Gasteiger partial charge >= 0.3 is 0 Å². The molecular weight excluding hydrogens is 337 g/mol. The average molecular weight is 353 g/mol. The zero-order chi connectivity index (χ0) is 12.8. The van der Waals surface area contributed by atoms with Crippen LogP contribution >= 0.6 is 22.6 Å². The Hall–Kier alpha value is -1.07. The van der Waals surface area contributed by atoms with Gasteiger partial charge in [-0.25, -0.2) is 0 Å². The lowest BCUT2D eigenvalue weighted by Gasteiger charge is -2.11. The van der Waals surface area contributed by atoms with E-state index in [-0.39, 0.29) is 0 Å². The predicted octanol–water partition coefficient (Wildman–Crippen LogP) is 3.37. The van der Waals surface area contributed by atoms with E-state index in [1.54, 1.807) is 0 Å². The highest BCUT2D eigenvalue weighted by Gasteiger charge is 2.02. The van der Waals surface area contributed by atoms with Gasteiger partial charge in [0, 0.05) is 3.57 Å². The molecule has 0 aromatic heterocycles. The summed E-state index contributed by atoms with van der Waals surface area (Å²) in [5, 5.41) is 0. The van der Waals surface area contributed by atoms with E-state index in [4.69, 9.17) is 10.5 Å².